The lowest BCUT2D eigenvalue weighted by Crippen LogP contribution is -2.60. The van der Waals surface area contributed by atoms with Crippen LogP contribution in [0.5, 0.6) is 0 Å². The summed E-state index contributed by atoms with van der Waals surface area (Å²) >= 11 is 0. The van der Waals surface area contributed by atoms with Gasteiger partial charge in [-0.05, 0) is 62.8 Å². The second-order valence-electron chi connectivity index (χ2n) is 17.9. The van der Waals surface area contributed by atoms with Crippen molar-refractivity contribution in [2.45, 2.75) is 141 Å². The molecule has 8 atom stereocenters. The molecule has 1 fully saturated rings. The van der Waals surface area contributed by atoms with Crippen molar-refractivity contribution in [1.82, 2.24) is 42.1 Å². The number of hydrogen-bond acceptors (Lipinski definition) is 13. The van der Waals surface area contributed by atoms with Crippen LogP contribution in [0.1, 0.15) is 91.5 Å². The minimum Gasteiger partial charge on any atom is -0.481 e. The minimum atomic E-state index is -1.75. The van der Waals surface area contributed by atoms with Crippen molar-refractivity contribution in [1.29, 1.82) is 0 Å². The van der Waals surface area contributed by atoms with Gasteiger partial charge in [0.2, 0.25) is 47.3 Å². The average molecular weight is 1000 g/mol. The molecule has 0 spiro atoms. The summed E-state index contributed by atoms with van der Waals surface area (Å²) in [5.41, 5.74) is 17.0. The number of carboxylic acid groups (broad SMARTS) is 3. The number of carbonyl (C=O) groups excluding carboxylic acids is 8. The number of benzene rings is 1. The number of carboxylic acids is 3. The Hall–Kier alpha value is -7.38. The monoisotopic (exact) mass is 1000 g/mol. The van der Waals surface area contributed by atoms with Crippen LogP contribution >= 0.6 is 0 Å². The molecule has 26 nitrogen and oxygen atoms in total. The van der Waals surface area contributed by atoms with E-state index in [0.717, 1.165) is 0 Å². The van der Waals surface area contributed by atoms with Crippen LogP contribution in [0, 0.1) is 11.8 Å². The minimum absolute atomic E-state index is 0.00267. The first-order valence-corrected chi connectivity index (χ1v) is 23.2. The number of carbonyl (C=O) groups is 11. The zero-order valence-corrected chi connectivity index (χ0v) is 40.6. The Morgan fingerprint density at radius 1 is 0.690 bits per heavy atom. The molecule has 1 aliphatic rings. The summed E-state index contributed by atoms with van der Waals surface area (Å²) in [5, 5.41) is 45.7. The molecule has 0 saturated carbocycles. The summed E-state index contributed by atoms with van der Waals surface area (Å²) in [4.78, 5) is 148. The standard InChI is InChI=1S/C45H70N12O14/c1-23(2)19-29(39(65)55-31(21-35(61)62)41(67)56-36(24(3)4)44(70)71)54-38(64)27(13-9-17-49-45(47)48)53-42(68)32-14-10-18-57(32)43(69)25(5)50-37(63)28(15-16-34(59)60)52-40(66)30(51-33(58)22-46)20-26-11-7-6-8-12-26/h6-8,11-12,23-25,27-32,36H,9-10,13-22,46H2,1-5H3,(H,50,63)(H,51,58)(H,52,66)(H,53,68)(H,54,64)(H,55,65)(H,56,67)(H,59,60)(H,61,62)(H,70,71)(H4,47,48,49)/t25-,27-,28-,29-,30-,31-,32-,36-/m0/s1. The molecular formula is C45H70N12O14. The van der Waals surface area contributed by atoms with Crippen molar-refractivity contribution >= 4 is 71.1 Å². The molecule has 1 aromatic carbocycles. The van der Waals surface area contributed by atoms with Crippen molar-refractivity contribution in [3.05, 3.63) is 35.9 Å². The molecule has 8 amide bonds. The molecule has 1 aromatic rings. The molecule has 1 aliphatic heterocycles. The highest BCUT2D eigenvalue weighted by Crippen LogP contribution is 2.20. The van der Waals surface area contributed by atoms with Crippen LogP contribution in [-0.4, -0.2) is 159 Å². The summed E-state index contributed by atoms with van der Waals surface area (Å²) in [7, 11) is 0. The molecular weight excluding hydrogens is 933 g/mol. The fraction of sp³-hybridized carbons (Fsp3) is 0.600. The predicted molar refractivity (Wildman–Crippen MR) is 254 cm³/mol. The van der Waals surface area contributed by atoms with Crippen LogP contribution in [0.2, 0.25) is 0 Å². The zero-order valence-electron chi connectivity index (χ0n) is 40.6. The molecule has 2 rings (SSSR count). The molecule has 0 unspecified atom stereocenters. The van der Waals surface area contributed by atoms with Gasteiger partial charge in [-0.25, -0.2) is 4.79 Å². The number of nitrogens with two attached hydrogens (primary N) is 3. The fourth-order valence-electron chi connectivity index (χ4n) is 7.49. The number of nitrogens with zero attached hydrogens (tertiary/aromatic N) is 2. The predicted octanol–water partition coefficient (Wildman–Crippen LogP) is -3.23. The van der Waals surface area contributed by atoms with Crippen LogP contribution in [0.4, 0.5) is 0 Å². The van der Waals surface area contributed by atoms with Crippen LogP contribution < -0.4 is 54.4 Å². The van der Waals surface area contributed by atoms with Crippen molar-refractivity contribution < 1.29 is 68.1 Å². The fourth-order valence-corrected chi connectivity index (χ4v) is 7.49. The molecule has 0 aliphatic carbocycles. The lowest BCUT2D eigenvalue weighted by Gasteiger charge is -2.30. The van der Waals surface area contributed by atoms with E-state index in [0.29, 0.717) is 12.0 Å². The topological polar surface area (TPSA) is 426 Å². The van der Waals surface area contributed by atoms with E-state index in [4.69, 9.17) is 17.2 Å². The van der Waals surface area contributed by atoms with Gasteiger partial charge in [-0.3, -0.25) is 52.9 Å². The third-order valence-electron chi connectivity index (χ3n) is 11.1. The van der Waals surface area contributed by atoms with Crippen LogP contribution in [-0.2, 0) is 59.2 Å². The van der Waals surface area contributed by atoms with Crippen LogP contribution in [0.3, 0.4) is 0 Å². The molecule has 16 N–H and O–H groups in total. The lowest BCUT2D eigenvalue weighted by atomic mass is 10.0. The van der Waals surface area contributed by atoms with E-state index in [1.165, 1.54) is 25.7 Å². The highest BCUT2D eigenvalue weighted by Gasteiger charge is 2.40. The Kier molecular flexibility index (Phi) is 24.9. The molecule has 394 valence electrons. The zero-order chi connectivity index (χ0) is 53.5. The Morgan fingerprint density at radius 3 is 1.82 bits per heavy atom. The summed E-state index contributed by atoms with van der Waals surface area (Å²) in [5.74, 6) is -12.2. The highest BCUT2D eigenvalue weighted by molar-refractivity contribution is 5.98. The van der Waals surface area contributed by atoms with Gasteiger partial charge in [0.1, 0.15) is 48.3 Å². The molecule has 0 bridgehead atoms. The number of aliphatic imine (C=N–C) groups is 1. The second kappa shape index (κ2) is 29.6. The second-order valence-corrected chi connectivity index (χ2v) is 17.9. The van der Waals surface area contributed by atoms with E-state index in [1.54, 1.807) is 44.2 Å². The SMILES string of the molecule is CC(C)C[C@H](NC(=O)[C@H](CCCN=C(N)N)NC(=O)[C@@H]1CCCN1C(=O)[C@H](C)NC(=O)[C@H](CCC(=O)O)NC(=O)[C@H](Cc1ccccc1)NC(=O)CN)C(=O)N[C@@H](CC(=O)O)C(=O)N[C@H](C(=O)O)C(C)C. The van der Waals surface area contributed by atoms with Gasteiger partial charge in [0.05, 0.1) is 13.0 Å². The van der Waals surface area contributed by atoms with Crippen molar-refractivity contribution in [3.8, 4) is 0 Å². The molecule has 1 heterocycles. The first kappa shape index (κ1) is 59.7. The third-order valence-corrected chi connectivity index (χ3v) is 11.1. The van der Waals surface area contributed by atoms with E-state index in [-0.39, 0.29) is 57.1 Å². The molecule has 0 aromatic heterocycles. The Bertz CT molecular complexity index is 2080. The molecule has 1 saturated heterocycles. The summed E-state index contributed by atoms with van der Waals surface area (Å²) < 4.78 is 0. The Morgan fingerprint density at radius 2 is 1.25 bits per heavy atom. The average Bonchev–Trinajstić information content (AvgIpc) is 3.79. The normalized spacial score (nSPS) is 16.1. The van der Waals surface area contributed by atoms with E-state index < -0.39 is 145 Å². The van der Waals surface area contributed by atoms with E-state index in [1.807, 2.05) is 0 Å². The summed E-state index contributed by atoms with van der Waals surface area (Å²) in [6.07, 6.45) is -1.45. The number of likely N-dealkylation sites (tertiary alicyclic amines) is 1. The number of rotatable bonds is 30. The van der Waals surface area contributed by atoms with Gasteiger partial charge >= 0.3 is 17.9 Å². The van der Waals surface area contributed by atoms with Crippen LogP contribution in [0.25, 0.3) is 0 Å². The largest absolute Gasteiger partial charge is 0.481 e. The van der Waals surface area contributed by atoms with Gasteiger partial charge in [-0.1, -0.05) is 58.0 Å². The third kappa shape index (κ3) is 21.0. The van der Waals surface area contributed by atoms with Gasteiger partial charge in [0, 0.05) is 25.9 Å². The number of guanidine groups is 1. The van der Waals surface area contributed by atoms with Gasteiger partial charge in [0.25, 0.3) is 0 Å². The van der Waals surface area contributed by atoms with E-state index in [9.17, 15) is 68.1 Å². The van der Waals surface area contributed by atoms with Gasteiger partial charge in [-0.15, -0.1) is 0 Å². The summed E-state index contributed by atoms with van der Waals surface area (Å²) in [6, 6.07) is -2.56. The summed E-state index contributed by atoms with van der Waals surface area (Å²) in [6.45, 7) is 7.42. The maximum absolute atomic E-state index is 14.0. The first-order valence-electron chi connectivity index (χ1n) is 23.2. The molecule has 71 heavy (non-hydrogen) atoms. The van der Waals surface area contributed by atoms with E-state index >= 15 is 0 Å². The maximum Gasteiger partial charge on any atom is 0.326 e. The molecule has 0 radical (unpaired) electrons. The van der Waals surface area contributed by atoms with Gasteiger partial charge < -0.3 is 74.6 Å². The van der Waals surface area contributed by atoms with Crippen molar-refractivity contribution in [3.63, 3.8) is 0 Å². The number of hydrogen-bond donors (Lipinski definition) is 13. The maximum atomic E-state index is 14.0. The quantitative estimate of drug-likeness (QED) is 0.0205. The van der Waals surface area contributed by atoms with Crippen molar-refractivity contribution in [2.24, 2.45) is 34.0 Å². The Labute approximate surface area is 410 Å². The highest BCUT2D eigenvalue weighted by atomic mass is 16.4. The van der Waals surface area contributed by atoms with Crippen LogP contribution in [0.15, 0.2) is 35.3 Å². The number of amides is 8. The first-order chi connectivity index (χ1) is 33.3. The molecule has 26 heteroatoms. The van der Waals surface area contributed by atoms with Gasteiger partial charge in [0.15, 0.2) is 5.96 Å². The van der Waals surface area contributed by atoms with Gasteiger partial charge in [-0.2, -0.15) is 0 Å². The number of nitrogens with one attached hydrogen (secondary N) is 7. The smallest absolute Gasteiger partial charge is 0.326 e. The van der Waals surface area contributed by atoms with Crippen molar-refractivity contribution in [2.75, 3.05) is 19.6 Å². The van der Waals surface area contributed by atoms with E-state index in [2.05, 4.69) is 42.2 Å². The Balaban J connectivity index is 2.33. The number of aliphatic carboxylic acids is 3. The lowest BCUT2D eigenvalue weighted by molar-refractivity contribution is -0.144.